The van der Waals surface area contributed by atoms with Gasteiger partial charge < -0.3 is 4.42 Å². The summed E-state index contributed by atoms with van der Waals surface area (Å²) >= 11 is 3.50. The third-order valence-electron chi connectivity index (χ3n) is 3.67. The first-order valence-electron chi connectivity index (χ1n) is 6.80. The topological polar surface area (TPSA) is 69.0 Å². The van der Waals surface area contributed by atoms with Gasteiger partial charge in [-0.2, -0.15) is 5.10 Å². The second kappa shape index (κ2) is 6.01. The molecule has 0 aliphatic heterocycles. The molecule has 0 saturated carbocycles. The van der Waals surface area contributed by atoms with Crippen molar-refractivity contribution in [2.24, 2.45) is 12.9 Å². The molecular weight excluding hydrogens is 332 g/mol. The summed E-state index contributed by atoms with van der Waals surface area (Å²) in [6, 6.07) is 10.0. The molecule has 0 radical (unpaired) electrons. The average Bonchev–Trinajstić information content (AvgIpc) is 3.07. The third kappa shape index (κ3) is 2.88. The fourth-order valence-electron chi connectivity index (χ4n) is 2.47. The van der Waals surface area contributed by atoms with E-state index in [2.05, 4.69) is 26.5 Å². The summed E-state index contributed by atoms with van der Waals surface area (Å²) in [6.07, 6.45) is 3.52. The summed E-state index contributed by atoms with van der Waals surface area (Å²) in [5.74, 6) is 6.55. The van der Waals surface area contributed by atoms with Gasteiger partial charge in [-0.15, -0.1) is 0 Å². The molecule has 1 unspecified atom stereocenters. The van der Waals surface area contributed by atoms with Crippen molar-refractivity contribution in [2.75, 3.05) is 0 Å². The Balaban J connectivity index is 1.81. The summed E-state index contributed by atoms with van der Waals surface area (Å²) in [7, 11) is 1.94. The Hall–Kier alpha value is -1.63. The Morgan fingerprint density at radius 1 is 1.43 bits per heavy atom. The van der Waals surface area contributed by atoms with Gasteiger partial charge in [0, 0.05) is 24.3 Å². The van der Waals surface area contributed by atoms with Crippen molar-refractivity contribution in [1.82, 2.24) is 15.2 Å². The SMILES string of the molecule is Cn1nccc1CCC(NN)c1cc2cccc(Br)c2o1. The van der Waals surface area contributed by atoms with Crippen molar-refractivity contribution in [3.8, 4) is 0 Å². The van der Waals surface area contributed by atoms with Crippen LogP contribution in [-0.2, 0) is 13.5 Å². The second-order valence-electron chi connectivity index (χ2n) is 5.01. The molecule has 0 fully saturated rings. The fourth-order valence-corrected chi connectivity index (χ4v) is 2.93. The van der Waals surface area contributed by atoms with Crippen LogP contribution in [0.15, 0.2) is 45.4 Å². The van der Waals surface area contributed by atoms with Crippen LogP contribution < -0.4 is 11.3 Å². The number of nitrogens with one attached hydrogen (secondary N) is 1. The summed E-state index contributed by atoms with van der Waals surface area (Å²) in [4.78, 5) is 0. The first-order valence-corrected chi connectivity index (χ1v) is 7.59. The maximum absolute atomic E-state index is 5.94. The van der Waals surface area contributed by atoms with Crippen LogP contribution in [0.3, 0.4) is 0 Å². The maximum Gasteiger partial charge on any atom is 0.148 e. The minimum absolute atomic E-state index is 0.0285. The molecule has 1 atom stereocenters. The van der Waals surface area contributed by atoms with Crippen molar-refractivity contribution >= 4 is 26.9 Å². The van der Waals surface area contributed by atoms with E-state index in [1.807, 2.05) is 42.1 Å². The minimum atomic E-state index is -0.0285. The van der Waals surface area contributed by atoms with Crippen LogP contribution in [0, 0.1) is 0 Å². The number of rotatable bonds is 5. The molecule has 0 amide bonds. The quantitative estimate of drug-likeness (QED) is 0.549. The molecule has 1 aromatic carbocycles. The Morgan fingerprint density at radius 3 is 2.95 bits per heavy atom. The predicted molar refractivity (Wildman–Crippen MR) is 85.5 cm³/mol. The number of nitrogens with two attached hydrogens (primary N) is 1. The zero-order chi connectivity index (χ0) is 14.8. The molecule has 0 saturated heterocycles. The van der Waals surface area contributed by atoms with E-state index in [-0.39, 0.29) is 6.04 Å². The lowest BCUT2D eigenvalue weighted by Crippen LogP contribution is -2.28. The van der Waals surface area contributed by atoms with E-state index < -0.39 is 0 Å². The normalized spacial score (nSPS) is 12.9. The molecule has 2 aromatic heterocycles. The lowest BCUT2D eigenvalue weighted by molar-refractivity contribution is 0.413. The number of halogens is 1. The van der Waals surface area contributed by atoms with E-state index in [4.69, 9.17) is 10.3 Å². The highest BCUT2D eigenvalue weighted by Crippen LogP contribution is 2.30. The summed E-state index contributed by atoms with van der Waals surface area (Å²) in [6.45, 7) is 0. The van der Waals surface area contributed by atoms with Crippen molar-refractivity contribution < 1.29 is 4.42 Å². The van der Waals surface area contributed by atoms with Gasteiger partial charge in [-0.3, -0.25) is 10.5 Å². The number of aryl methyl sites for hydroxylation is 2. The van der Waals surface area contributed by atoms with Gasteiger partial charge in [-0.25, -0.2) is 5.43 Å². The first kappa shape index (κ1) is 14.3. The van der Waals surface area contributed by atoms with Crippen LogP contribution >= 0.6 is 15.9 Å². The smallest absolute Gasteiger partial charge is 0.148 e. The number of furan rings is 1. The molecule has 0 aliphatic rings. The fraction of sp³-hybridized carbons (Fsp3) is 0.267. The van der Waals surface area contributed by atoms with Crippen LogP contribution in [0.4, 0.5) is 0 Å². The third-order valence-corrected chi connectivity index (χ3v) is 4.30. The molecule has 5 nitrogen and oxygen atoms in total. The Labute approximate surface area is 131 Å². The summed E-state index contributed by atoms with van der Waals surface area (Å²) in [5, 5.41) is 5.24. The van der Waals surface area contributed by atoms with E-state index in [1.54, 1.807) is 6.20 Å². The Morgan fingerprint density at radius 2 is 2.29 bits per heavy atom. The van der Waals surface area contributed by atoms with E-state index in [0.29, 0.717) is 0 Å². The number of fused-ring (bicyclic) bond motifs is 1. The van der Waals surface area contributed by atoms with Crippen LogP contribution in [0.25, 0.3) is 11.0 Å². The largest absolute Gasteiger partial charge is 0.458 e. The number of benzene rings is 1. The van der Waals surface area contributed by atoms with E-state index in [0.717, 1.165) is 34.0 Å². The standard InChI is InChI=1S/C15H17BrN4O/c1-20-11(7-8-18-20)5-6-13(19-17)14-9-10-3-2-4-12(16)15(10)21-14/h2-4,7-9,13,19H,5-6,17H2,1H3. The molecule has 0 aliphatic carbocycles. The van der Waals surface area contributed by atoms with Gasteiger partial charge >= 0.3 is 0 Å². The first-order chi connectivity index (χ1) is 10.2. The van der Waals surface area contributed by atoms with Gasteiger partial charge in [0.15, 0.2) is 0 Å². The van der Waals surface area contributed by atoms with Crippen LogP contribution in [0.1, 0.15) is 23.9 Å². The molecule has 3 rings (SSSR count). The lowest BCUT2D eigenvalue weighted by Gasteiger charge is -2.13. The highest BCUT2D eigenvalue weighted by molar-refractivity contribution is 9.10. The number of nitrogens with zero attached hydrogens (tertiary/aromatic N) is 2. The van der Waals surface area contributed by atoms with E-state index in [1.165, 1.54) is 5.69 Å². The zero-order valence-electron chi connectivity index (χ0n) is 11.7. The van der Waals surface area contributed by atoms with Crippen LogP contribution in [-0.4, -0.2) is 9.78 Å². The van der Waals surface area contributed by atoms with Crippen LogP contribution in [0.2, 0.25) is 0 Å². The molecule has 0 spiro atoms. The van der Waals surface area contributed by atoms with Gasteiger partial charge in [0.25, 0.3) is 0 Å². The minimum Gasteiger partial charge on any atom is -0.458 e. The van der Waals surface area contributed by atoms with E-state index in [9.17, 15) is 0 Å². The van der Waals surface area contributed by atoms with Crippen molar-refractivity contribution in [3.63, 3.8) is 0 Å². The molecule has 21 heavy (non-hydrogen) atoms. The van der Waals surface area contributed by atoms with Crippen molar-refractivity contribution in [2.45, 2.75) is 18.9 Å². The molecule has 3 aromatic rings. The second-order valence-corrected chi connectivity index (χ2v) is 5.87. The molecule has 0 bridgehead atoms. The van der Waals surface area contributed by atoms with Crippen LogP contribution in [0.5, 0.6) is 0 Å². The Bertz CT molecular complexity index is 749. The van der Waals surface area contributed by atoms with Gasteiger partial charge in [-0.05, 0) is 47.0 Å². The predicted octanol–water partition coefficient (Wildman–Crippen LogP) is 3.07. The number of para-hydroxylation sites is 1. The number of hydrazine groups is 1. The molecule has 3 N–H and O–H groups in total. The summed E-state index contributed by atoms with van der Waals surface area (Å²) in [5.41, 5.74) is 4.87. The lowest BCUT2D eigenvalue weighted by atomic mass is 10.1. The highest BCUT2D eigenvalue weighted by atomic mass is 79.9. The van der Waals surface area contributed by atoms with Crippen molar-refractivity contribution in [3.05, 3.63) is 52.5 Å². The number of aromatic nitrogens is 2. The maximum atomic E-state index is 5.94. The average molecular weight is 349 g/mol. The molecular formula is C15H17BrN4O. The molecule has 2 heterocycles. The van der Waals surface area contributed by atoms with Gasteiger partial charge in [0.2, 0.25) is 0 Å². The molecule has 110 valence electrons. The van der Waals surface area contributed by atoms with Gasteiger partial charge in [-0.1, -0.05) is 12.1 Å². The highest BCUT2D eigenvalue weighted by Gasteiger charge is 2.16. The monoisotopic (exact) mass is 348 g/mol. The summed E-state index contributed by atoms with van der Waals surface area (Å²) < 4.78 is 8.77. The zero-order valence-corrected chi connectivity index (χ0v) is 13.3. The molecule has 6 heteroatoms. The van der Waals surface area contributed by atoms with Crippen molar-refractivity contribution in [1.29, 1.82) is 0 Å². The Kier molecular flexibility index (Phi) is 4.10. The number of hydrogen-bond acceptors (Lipinski definition) is 4. The van der Waals surface area contributed by atoms with Gasteiger partial charge in [0.1, 0.15) is 11.3 Å². The van der Waals surface area contributed by atoms with E-state index >= 15 is 0 Å². The van der Waals surface area contributed by atoms with Gasteiger partial charge in [0.05, 0.1) is 10.5 Å². The number of hydrogen-bond donors (Lipinski definition) is 2.